The molecule has 0 radical (unpaired) electrons. The molecule has 1 amide bonds. The molecule has 0 unspecified atom stereocenters. The molecule has 0 aromatic heterocycles. The van der Waals surface area contributed by atoms with E-state index >= 15 is 0 Å². The first-order valence-corrected chi connectivity index (χ1v) is 12.8. The van der Waals surface area contributed by atoms with E-state index in [1.165, 1.54) is 18.4 Å². The third-order valence-electron chi connectivity index (χ3n) is 9.24. The fourth-order valence-corrected chi connectivity index (χ4v) is 7.39. The molecule has 5 atom stereocenters. The first kappa shape index (κ1) is 21.5. The Hall–Kier alpha value is -1.99. The number of hydrogen-bond donors (Lipinski definition) is 2. The van der Waals surface area contributed by atoms with Gasteiger partial charge in [0.15, 0.2) is 11.5 Å². The van der Waals surface area contributed by atoms with Crippen LogP contribution in [0.3, 0.4) is 0 Å². The third-order valence-corrected chi connectivity index (χ3v) is 9.24. The number of phenols is 1. The van der Waals surface area contributed by atoms with E-state index in [0.29, 0.717) is 25.2 Å². The number of carbonyl (C=O) groups is 1. The number of aliphatic hydroxyl groups is 1. The molecule has 2 heterocycles. The molecule has 7 nitrogen and oxygen atoms in total. The van der Waals surface area contributed by atoms with E-state index in [4.69, 9.17) is 9.47 Å². The van der Waals surface area contributed by atoms with Crippen molar-refractivity contribution in [1.82, 2.24) is 9.80 Å². The lowest BCUT2D eigenvalue weighted by Crippen LogP contribution is -2.78. The SMILES string of the molecule is CCCCOC(=O)N(C)[C@@H]1CC[C@@]2(O)[C@H]3Cc4ccc(O)c5c4[C@@]2(CCN3CC2CC2)[C@H]1O5. The normalized spacial score (nSPS) is 36.2. The lowest BCUT2D eigenvalue weighted by molar-refractivity contribution is -0.198. The predicted octanol–water partition coefficient (Wildman–Crippen LogP) is 3.19. The summed E-state index contributed by atoms with van der Waals surface area (Å²) in [7, 11) is 1.79. The molecule has 33 heavy (non-hydrogen) atoms. The second-order valence-corrected chi connectivity index (χ2v) is 11.0. The van der Waals surface area contributed by atoms with Gasteiger partial charge in [0.1, 0.15) is 6.10 Å². The average Bonchev–Trinajstić information content (AvgIpc) is 3.54. The van der Waals surface area contributed by atoms with Crippen LogP contribution in [0.2, 0.25) is 0 Å². The highest BCUT2D eigenvalue weighted by Gasteiger charge is 2.73. The van der Waals surface area contributed by atoms with Crippen LogP contribution in [0.4, 0.5) is 4.79 Å². The third kappa shape index (κ3) is 2.91. The second kappa shape index (κ2) is 7.51. The van der Waals surface area contributed by atoms with Gasteiger partial charge in [0.2, 0.25) is 0 Å². The number of amides is 1. The number of ether oxygens (including phenoxy) is 2. The number of likely N-dealkylation sites (tertiary alicyclic amines) is 1. The summed E-state index contributed by atoms with van der Waals surface area (Å²) < 4.78 is 12.1. The number of phenolic OH excluding ortho intramolecular Hbond substituents is 1. The first-order valence-electron chi connectivity index (χ1n) is 12.8. The van der Waals surface area contributed by atoms with Crippen molar-refractivity contribution in [2.45, 2.75) is 87.5 Å². The fraction of sp³-hybridized carbons (Fsp3) is 0.731. The van der Waals surface area contributed by atoms with E-state index in [1.54, 1.807) is 18.0 Å². The summed E-state index contributed by atoms with van der Waals surface area (Å²) in [6.45, 7) is 4.45. The smallest absolute Gasteiger partial charge is 0.409 e. The van der Waals surface area contributed by atoms with Gasteiger partial charge in [0.05, 0.1) is 23.7 Å². The van der Waals surface area contributed by atoms with E-state index < -0.39 is 17.1 Å². The summed E-state index contributed by atoms with van der Waals surface area (Å²) in [5, 5.41) is 23.2. The Morgan fingerprint density at radius 3 is 2.88 bits per heavy atom. The minimum atomic E-state index is -0.930. The quantitative estimate of drug-likeness (QED) is 0.640. The molecule has 7 heteroatoms. The van der Waals surface area contributed by atoms with Crippen LogP contribution in [-0.2, 0) is 16.6 Å². The van der Waals surface area contributed by atoms with Gasteiger partial charge in [0, 0.05) is 25.2 Å². The summed E-state index contributed by atoms with van der Waals surface area (Å²) in [5.41, 5.74) is 0.629. The van der Waals surface area contributed by atoms with Gasteiger partial charge in [-0.3, -0.25) is 4.90 Å². The summed E-state index contributed by atoms with van der Waals surface area (Å²) >= 11 is 0. The van der Waals surface area contributed by atoms with Crippen LogP contribution < -0.4 is 4.74 Å². The van der Waals surface area contributed by atoms with Crippen molar-refractivity contribution in [3.05, 3.63) is 23.3 Å². The zero-order valence-corrected chi connectivity index (χ0v) is 19.8. The molecule has 1 spiro atoms. The van der Waals surface area contributed by atoms with Crippen LogP contribution in [0.5, 0.6) is 11.5 Å². The summed E-state index contributed by atoms with van der Waals surface area (Å²) in [4.78, 5) is 17.1. The fourth-order valence-electron chi connectivity index (χ4n) is 7.39. The van der Waals surface area contributed by atoms with E-state index in [-0.39, 0.29) is 23.9 Å². The first-order chi connectivity index (χ1) is 15.9. The number of benzene rings is 1. The minimum Gasteiger partial charge on any atom is -0.504 e. The molecule has 180 valence electrons. The van der Waals surface area contributed by atoms with Crippen LogP contribution in [0.25, 0.3) is 0 Å². The van der Waals surface area contributed by atoms with Crippen LogP contribution in [0, 0.1) is 5.92 Å². The van der Waals surface area contributed by atoms with Crippen molar-refractivity contribution in [1.29, 1.82) is 0 Å². The van der Waals surface area contributed by atoms with Crippen LogP contribution in [0.1, 0.15) is 63.0 Å². The molecule has 1 aromatic rings. The molecule has 2 saturated carbocycles. The average molecular weight is 457 g/mol. The molecular formula is C26H36N2O5. The van der Waals surface area contributed by atoms with Crippen molar-refractivity contribution in [3.8, 4) is 11.5 Å². The zero-order valence-electron chi connectivity index (χ0n) is 19.8. The highest BCUT2D eigenvalue weighted by molar-refractivity contribution is 5.69. The Kier molecular flexibility index (Phi) is 4.90. The molecule has 2 bridgehead atoms. The zero-order chi connectivity index (χ0) is 23.0. The van der Waals surface area contributed by atoms with Crippen LogP contribution >= 0.6 is 0 Å². The molecule has 5 aliphatic rings. The molecule has 1 aromatic carbocycles. The van der Waals surface area contributed by atoms with Crippen LogP contribution in [0.15, 0.2) is 12.1 Å². The van der Waals surface area contributed by atoms with Crippen molar-refractivity contribution in [2.75, 3.05) is 26.7 Å². The number of hydrogen-bond acceptors (Lipinski definition) is 6. The monoisotopic (exact) mass is 456 g/mol. The van der Waals surface area contributed by atoms with Gasteiger partial charge in [0.25, 0.3) is 0 Å². The number of piperidine rings is 1. The summed E-state index contributed by atoms with van der Waals surface area (Å²) in [5.74, 6) is 1.41. The number of nitrogens with zero attached hydrogens (tertiary/aromatic N) is 2. The van der Waals surface area contributed by atoms with Gasteiger partial charge in [-0.15, -0.1) is 0 Å². The van der Waals surface area contributed by atoms with Gasteiger partial charge < -0.3 is 24.6 Å². The maximum atomic E-state index is 12.9. The maximum Gasteiger partial charge on any atom is 0.409 e. The van der Waals surface area contributed by atoms with E-state index in [1.807, 2.05) is 6.07 Å². The van der Waals surface area contributed by atoms with Gasteiger partial charge in [-0.1, -0.05) is 19.4 Å². The van der Waals surface area contributed by atoms with Gasteiger partial charge in [-0.25, -0.2) is 4.79 Å². The highest BCUT2D eigenvalue weighted by atomic mass is 16.6. The minimum absolute atomic E-state index is 0.0451. The largest absolute Gasteiger partial charge is 0.504 e. The summed E-state index contributed by atoms with van der Waals surface area (Å²) in [6.07, 6.45) is 6.49. The Bertz CT molecular complexity index is 964. The number of likely N-dealkylation sites (N-methyl/N-ethyl adjacent to an activating group) is 1. The topological polar surface area (TPSA) is 82.5 Å². The Balaban J connectivity index is 1.39. The van der Waals surface area contributed by atoms with Gasteiger partial charge in [-0.2, -0.15) is 0 Å². The Morgan fingerprint density at radius 2 is 2.12 bits per heavy atom. The molecule has 3 aliphatic carbocycles. The van der Waals surface area contributed by atoms with Gasteiger partial charge in [-0.05, 0) is 69.0 Å². The number of carbonyl (C=O) groups excluding carboxylic acids is 1. The summed E-state index contributed by atoms with van der Waals surface area (Å²) in [6, 6.07) is 3.57. The van der Waals surface area contributed by atoms with E-state index in [0.717, 1.165) is 50.3 Å². The van der Waals surface area contributed by atoms with E-state index in [9.17, 15) is 15.0 Å². The highest BCUT2D eigenvalue weighted by Crippen LogP contribution is 2.66. The van der Waals surface area contributed by atoms with Gasteiger partial charge >= 0.3 is 6.09 Å². The van der Waals surface area contributed by atoms with Crippen molar-refractivity contribution in [2.24, 2.45) is 5.92 Å². The molecular weight excluding hydrogens is 420 g/mol. The van der Waals surface area contributed by atoms with Crippen molar-refractivity contribution >= 4 is 6.09 Å². The Labute approximate surface area is 195 Å². The molecule has 6 rings (SSSR count). The number of aromatic hydroxyl groups is 1. The van der Waals surface area contributed by atoms with E-state index in [2.05, 4.69) is 11.8 Å². The maximum absolute atomic E-state index is 12.9. The Morgan fingerprint density at radius 1 is 1.30 bits per heavy atom. The van der Waals surface area contributed by atoms with Crippen molar-refractivity contribution < 1.29 is 24.5 Å². The number of rotatable bonds is 6. The number of unbranched alkanes of at least 4 members (excludes halogenated alkanes) is 1. The lowest BCUT2D eigenvalue weighted by Gasteiger charge is -2.64. The van der Waals surface area contributed by atoms with Crippen molar-refractivity contribution in [3.63, 3.8) is 0 Å². The predicted molar refractivity (Wildman–Crippen MR) is 123 cm³/mol. The molecule has 1 saturated heterocycles. The molecule has 2 N–H and O–H groups in total. The lowest BCUT2D eigenvalue weighted by atomic mass is 9.48. The second-order valence-electron chi connectivity index (χ2n) is 11.0. The molecule has 3 fully saturated rings. The molecule has 2 aliphatic heterocycles. The van der Waals surface area contributed by atoms with Crippen LogP contribution in [-0.4, -0.2) is 76.6 Å². The standard InChI is InChI=1S/C26H36N2O5/c1-3-4-13-32-24(30)27(2)18-9-10-26(31)20-14-17-7-8-19(29)22-21(17)25(26,23(18)33-22)11-12-28(20)15-16-5-6-16/h7-8,16,18,20,23,29,31H,3-6,9-15H2,1-2H3/t18-,20-,23+,25+,26-/m1/s1.